The van der Waals surface area contributed by atoms with E-state index in [2.05, 4.69) is 15.5 Å². The number of rotatable bonds is 4. The van der Waals surface area contributed by atoms with E-state index in [0.29, 0.717) is 6.42 Å². The van der Waals surface area contributed by atoms with Crippen molar-refractivity contribution < 1.29 is 14.7 Å². The quantitative estimate of drug-likeness (QED) is 0.813. The summed E-state index contributed by atoms with van der Waals surface area (Å²) in [5.74, 6) is -1.67. The van der Waals surface area contributed by atoms with E-state index < -0.39 is 17.9 Å². The summed E-state index contributed by atoms with van der Waals surface area (Å²) in [5, 5.41) is 18.3. The SMILES string of the molecule is CC[C@@H](NC(=O)c1ccc(Cl)nn1)C(=O)O. The minimum Gasteiger partial charge on any atom is -0.480 e. The number of carboxylic acid groups (broad SMARTS) is 1. The predicted molar refractivity (Wildman–Crippen MR) is 56.2 cm³/mol. The van der Waals surface area contributed by atoms with E-state index in [1.165, 1.54) is 12.1 Å². The first-order valence-corrected chi connectivity index (χ1v) is 4.95. The summed E-state index contributed by atoms with van der Waals surface area (Å²) >= 11 is 5.50. The number of carbonyl (C=O) groups excluding carboxylic acids is 1. The van der Waals surface area contributed by atoms with Gasteiger partial charge in [-0.15, -0.1) is 10.2 Å². The molecule has 2 N–H and O–H groups in total. The molecule has 6 nitrogen and oxygen atoms in total. The normalized spacial score (nSPS) is 11.9. The summed E-state index contributed by atoms with van der Waals surface area (Å²) in [6.45, 7) is 1.66. The molecule has 0 fully saturated rings. The zero-order chi connectivity index (χ0) is 12.1. The second kappa shape index (κ2) is 5.41. The molecule has 0 aromatic carbocycles. The summed E-state index contributed by atoms with van der Waals surface area (Å²) in [5.41, 5.74) is 0.0316. The monoisotopic (exact) mass is 243 g/mol. The van der Waals surface area contributed by atoms with Crippen molar-refractivity contribution in [3.05, 3.63) is 23.0 Å². The Morgan fingerprint density at radius 1 is 1.50 bits per heavy atom. The van der Waals surface area contributed by atoms with Crippen LogP contribution in [0.4, 0.5) is 0 Å². The van der Waals surface area contributed by atoms with Crippen molar-refractivity contribution in [2.24, 2.45) is 0 Å². The first-order valence-electron chi connectivity index (χ1n) is 4.57. The zero-order valence-electron chi connectivity index (χ0n) is 8.48. The molecule has 0 saturated carbocycles. The molecule has 86 valence electrons. The number of amides is 1. The van der Waals surface area contributed by atoms with Gasteiger partial charge in [0.15, 0.2) is 10.8 Å². The van der Waals surface area contributed by atoms with E-state index in [4.69, 9.17) is 16.7 Å². The van der Waals surface area contributed by atoms with E-state index in [0.717, 1.165) is 0 Å². The van der Waals surface area contributed by atoms with Crippen LogP contribution >= 0.6 is 11.6 Å². The van der Waals surface area contributed by atoms with E-state index in [1.807, 2.05) is 0 Å². The number of hydrogen-bond donors (Lipinski definition) is 2. The van der Waals surface area contributed by atoms with Crippen molar-refractivity contribution in [3.8, 4) is 0 Å². The van der Waals surface area contributed by atoms with Gasteiger partial charge in [-0.1, -0.05) is 18.5 Å². The number of carbonyl (C=O) groups is 2. The molecular formula is C9H10ClN3O3. The lowest BCUT2D eigenvalue weighted by Crippen LogP contribution is -2.40. The number of hydrogen-bond acceptors (Lipinski definition) is 4. The van der Waals surface area contributed by atoms with Crippen LogP contribution in [-0.2, 0) is 4.79 Å². The third-order valence-corrected chi connectivity index (χ3v) is 2.08. The average Bonchev–Trinajstić information content (AvgIpc) is 2.26. The van der Waals surface area contributed by atoms with Gasteiger partial charge in [0.05, 0.1) is 0 Å². The number of aromatic nitrogens is 2. The van der Waals surface area contributed by atoms with Crippen LogP contribution in [0.15, 0.2) is 12.1 Å². The summed E-state index contributed by atoms with van der Waals surface area (Å²) in [6, 6.07) is 1.86. The van der Waals surface area contributed by atoms with Crippen molar-refractivity contribution in [1.29, 1.82) is 0 Å². The Morgan fingerprint density at radius 2 is 2.19 bits per heavy atom. The molecule has 1 atom stereocenters. The van der Waals surface area contributed by atoms with E-state index in [-0.39, 0.29) is 10.8 Å². The van der Waals surface area contributed by atoms with Crippen LogP contribution < -0.4 is 5.32 Å². The summed E-state index contributed by atoms with van der Waals surface area (Å²) in [7, 11) is 0. The van der Waals surface area contributed by atoms with Crippen LogP contribution in [0.2, 0.25) is 5.15 Å². The van der Waals surface area contributed by atoms with Gasteiger partial charge in [-0.05, 0) is 18.6 Å². The van der Waals surface area contributed by atoms with Crippen LogP contribution in [0.5, 0.6) is 0 Å². The lowest BCUT2D eigenvalue weighted by Gasteiger charge is -2.11. The molecule has 0 bridgehead atoms. The molecule has 1 heterocycles. The van der Waals surface area contributed by atoms with E-state index in [9.17, 15) is 9.59 Å². The molecular weight excluding hydrogens is 234 g/mol. The molecule has 0 radical (unpaired) electrons. The van der Waals surface area contributed by atoms with Crippen molar-refractivity contribution in [3.63, 3.8) is 0 Å². The van der Waals surface area contributed by atoms with Gasteiger partial charge < -0.3 is 10.4 Å². The fraction of sp³-hybridized carbons (Fsp3) is 0.333. The van der Waals surface area contributed by atoms with Gasteiger partial charge in [-0.2, -0.15) is 0 Å². The van der Waals surface area contributed by atoms with Gasteiger partial charge in [-0.25, -0.2) is 4.79 Å². The Morgan fingerprint density at radius 3 is 2.62 bits per heavy atom. The molecule has 1 amide bonds. The standard InChI is InChI=1S/C9H10ClN3O3/c1-2-5(9(15)16)11-8(14)6-3-4-7(10)13-12-6/h3-5H,2H2,1H3,(H,11,14)(H,15,16)/t5-/m1/s1. The van der Waals surface area contributed by atoms with Crippen molar-refractivity contribution >= 4 is 23.5 Å². The Kier molecular flexibility index (Phi) is 4.19. The Bertz CT molecular complexity index is 393. The maximum atomic E-state index is 11.5. The molecule has 1 rings (SSSR count). The van der Waals surface area contributed by atoms with Gasteiger partial charge >= 0.3 is 5.97 Å². The van der Waals surface area contributed by atoms with Crippen molar-refractivity contribution in [2.75, 3.05) is 0 Å². The van der Waals surface area contributed by atoms with E-state index in [1.54, 1.807) is 6.92 Å². The first kappa shape index (κ1) is 12.4. The fourth-order valence-corrected chi connectivity index (χ4v) is 1.11. The molecule has 0 spiro atoms. The molecule has 0 unspecified atom stereocenters. The van der Waals surface area contributed by atoms with E-state index >= 15 is 0 Å². The summed E-state index contributed by atoms with van der Waals surface area (Å²) in [6.07, 6.45) is 0.294. The fourth-order valence-electron chi connectivity index (χ4n) is 1.01. The molecule has 16 heavy (non-hydrogen) atoms. The minimum absolute atomic E-state index is 0.0316. The van der Waals surface area contributed by atoms with Gasteiger partial charge in [0, 0.05) is 0 Å². The van der Waals surface area contributed by atoms with Crippen LogP contribution in [0.3, 0.4) is 0 Å². The van der Waals surface area contributed by atoms with Crippen molar-refractivity contribution in [1.82, 2.24) is 15.5 Å². The zero-order valence-corrected chi connectivity index (χ0v) is 9.23. The molecule has 0 aliphatic rings. The minimum atomic E-state index is -1.09. The number of aliphatic carboxylic acids is 1. The van der Waals surface area contributed by atoms with Crippen LogP contribution in [-0.4, -0.2) is 33.2 Å². The largest absolute Gasteiger partial charge is 0.480 e. The highest BCUT2D eigenvalue weighted by atomic mass is 35.5. The lowest BCUT2D eigenvalue weighted by molar-refractivity contribution is -0.139. The number of nitrogens with zero attached hydrogens (tertiary/aromatic N) is 2. The Hall–Kier alpha value is -1.69. The highest BCUT2D eigenvalue weighted by Gasteiger charge is 2.19. The maximum absolute atomic E-state index is 11.5. The first-order chi connectivity index (χ1) is 7.54. The van der Waals surface area contributed by atoms with Crippen LogP contribution in [0.1, 0.15) is 23.8 Å². The molecule has 0 aliphatic heterocycles. The number of halogens is 1. The summed E-state index contributed by atoms with van der Waals surface area (Å²) in [4.78, 5) is 22.2. The highest BCUT2D eigenvalue weighted by Crippen LogP contribution is 2.02. The average molecular weight is 244 g/mol. The second-order valence-corrected chi connectivity index (χ2v) is 3.40. The third-order valence-electron chi connectivity index (χ3n) is 1.88. The van der Waals surface area contributed by atoms with Crippen LogP contribution in [0, 0.1) is 0 Å². The maximum Gasteiger partial charge on any atom is 0.326 e. The molecule has 1 aromatic rings. The van der Waals surface area contributed by atoms with Gasteiger partial charge in [-0.3, -0.25) is 4.79 Å². The number of carboxylic acids is 1. The number of nitrogens with one attached hydrogen (secondary N) is 1. The highest BCUT2D eigenvalue weighted by molar-refractivity contribution is 6.29. The Labute approximate surface area is 96.6 Å². The second-order valence-electron chi connectivity index (χ2n) is 3.01. The topological polar surface area (TPSA) is 92.2 Å². The smallest absolute Gasteiger partial charge is 0.326 e. The molecule has 0 aliphatic carbocycles. The predicted octanol–water partition coefficient (Wildman–Crippen LogP) is 0.723. The van der Waals surface area contributed by atoms with Gasteiger partial charge in [0.25, 0.3) is 5.91 Å². The molecule has 0 saturated heterocycles. The molecule has 7 heteroatoms. The van der Waals surface area contributed by atoms with Gasteiger partial charge in [0.1, 0.15) is 6.04 Å². The lowest BCUT2D eigenvalue weighted by atomic mass is 10.2. The van der Waals surface area contributed by atoms with Crippen molar-refractivity contribution in [2.45, 2.75) is 19.4 Å². The Balaban J connectivity index is 2.71. The van der Waals surface area contributed by atoms with Gasteiger partial charge in [0.2, 0.25) is 0 Å². The third kappa shape index (κ3) is 3.16. The molecule has 1 aromatic heterocycles. The van der Waals surface area contributed by atoms with Crippen LogP contribution in [0.25, 0.3) is 0 Å². The summed E-state index contributed by atoms with van der Waals surface area (Å²) < 4.78 is 0.